The van der Waals surface area contributed by atoms with Crippen LogP contribution in [0.15, 0.2) is 66.9 Å². The van der Waals surface area contributed by atoms with E-state index in [-0.39, 0.29) is 42.1 Å². The highest BCUT2D eigenvalue weighted by atomic mass is 19.1. The second-order valence-electron chi connectivity index (χ2n) is 16.8. The molecule has 60 heavy (non-hydrogen) atoms. The van der Waals surface area contributed by atoms with Crippen molar-refractivity contribution in [2.24, 2.45) is 5.92 Å². The monoisotopic (exact) mass is 812 g/mol. The van der Waals surface area contributed by atoms with Crippen molar-refractivity contribution < 1.29 is 28.3 Å². The van der Waals surface area contributed by atoms with E-state index in [1.807, 2.05) is 30.3 Å². The van der Waals surface area contributed by atoms with E-state index in [2.05, 4.69) is 42.5 Å². The van der Waals surface area contributed by atoms with Crippen LogP contribution in [0.2, 0.25) is 0 Å². The van der Waals surface area contributed by atoms with Gasteiger partial charge in [-0.2, -0.15) is 5.26 Å². The van der Waals surface area contributed by atoms with Gasteiger partial charge in [0, 0.05) is 93.2 Å². The zero-order chi connectivity index (χ0) is 41.3. The summed E-state index contributed by atoms with van der Waals surface area (Å²) >= 11 is 0. The molecule has 1 aromatic heterocycles. The number of piperidine rings is 2. The number of nitrogens with zero attached hydrogens (tertiary/aromatic N) is 6. The van der Waals surface area contributed by atoms with Gasteiger partial charge in [0.15, 0.2) is 0 Å². The van der Waals surface area contributed by atoms with E-state index in [1.54, 1.807) is 29.3 Å². The summed E-state index contributed by atoms with van der Waals surface area (Å²) in [6, 6.07) is 19.6. The Bertz CT molecular complexity index is 2360. The van der Waals surface area contributed by atoms with Crippen molar-refractivity contribution in [1.82, 2.24) is 25.4 Å². The number of nitrogens with one attached hydrogen (secondary N) is 2. The number of halogens is 1. The fourth-order valence-electron chi connectivity index (χ4n) is 9.69. The number of amides is 4. The van der Waals surface area contributed by atoms with Crippen molar-refractivity contribution in [3.05, 3.63) is 94.9 Å². The standard InChI is InChI=1S/C46H49FN8O5/c47-38-25-30(44(57)50-33-5-8-35(9-6-33)60-41-13-4-31(26-48)43-37(41)2-1-17-49-43)3-11-39(38)54-18-15-29(16-19-54)27-52-20-22-53(23-21-52)34-7-10-36-32(24-34)28-55(46(36)59)40-12-14-42(56)51-45(40)58/h1-4,7,10-11,13,17,24-25,29,33,35,40H,5-6,8-9,12,14-16,18-23,27-28H2,(H,50,57)(H,51,56,58)/t33-,35-,40-/m0/s1. The molecular formula is C46H49FN8O5. The maximum atomic E-state index is 15.5. The molecule has 0 unspecified atom stereocenters. The molecule has 0 radical (unpaired) electrons. The minimum atomic E-state index is -0.618. The van der Waals surface area contributed by atoms with Gasteiger partial charge in [0.05, 0.1) is 22.9 Å². The Labute approximate surface area is 348 Å². The Hall–Kier alpha value is -6.07. The molecule has 5 aliphatic rings. The number of piperazine rings is 1. The Balaban J connectivity index is 0.707. The first kappa shape index (κ1) is 39.4. The highest BCUT2D eigenvalue weighted by molar-refractivity contribution is 6.05. The number of hydrogen-bond donors (Lipinski definition) is 2. The molecule has 3 saturated heterocycles. The van der Waals surface area contributed by atoms with E-state index in [9.17, 15) is 24.4 Å². The summed E-state index contributed by atoms with van der Waals surface area (Å²) in [5.41, 5.74) is 4.62. The number of carbonyl (C=O) groups is 4. The Morgan fingerprint density at radius 3 is 2.45 bits per heavy atom. The van der Waals surface area contributed by atoms with Gasteiger partial charge in [0.25, 0.3) is 11.8 Å². The van der Waals surface area contributed by atoms with E-state index in [0.29, 0.717) is 52.5 Å². The molecule has 9 rings (SSSR count). The van der Waals surface area contributed by atoms with Gasteiger partial charge < -0.3 is 24.8 Å². The number of rotatable bonds is 9. The topological polar surface area (TPSA) is 151 Å². The van der Waals surface area contributed by atoms with Crippen LogP contribution >= 0.6 is 0 Å². The van der Waals surface area contributed by atoms with Gasteiger partial charge in [0.2, 0.25) is 11.8 Å². The molecule has 310 valence electrons. The van der Waals surface area contributed by atoms with Crippen molar-refractivity contribution in [3.8, 4) is 11.8 Å². The van der Waals surface area contributed by atoms with Gasteiger partial charge >= 0.3 is 0 Å². The molecule has 2 N–H and O–H groups in total. The van der Waals surface area contributed by atoms with Crippen LogP contribution in [0.5, 0.6) is 5.75 Å². The van der Waals surface area contributed by atoms with Crippen LogP contribution in [-0.4, -0.2) is 102 Å². The number of hydrogen-bond acceptors (Lipinski definition) is 10. The number of ether oxygens (including phenoxy) is 1. The predicted molar refractivity (Wildman–Crippen MR) is 223 cm³/mol. The third-order valence-corrected chi connectivity index (χ3v) is 13.1. The number of benzene rings is 3. The number of anilines is 2. The molecule has 1 aliphatic carbocycles. The lowest BCUT2D eigenvalue weighted by molar-refractivity contribution is -0.136. The van der Waals surface area contributed by atoms with Crippen molar-refractivity contribution >= 4 is 45.9 Å². The molecule has 14 heteroatoms. The lowest BCUT2D eigenvalue weighted by Gasteiger charge is -2.40. The average Bonchev–Trinajstić information content (AvgIpc) is 3.59. The molecule has 4 aliphatic heterocycles. The summed E-state index contributed by atoms with van der Waals surface area (Å²) in [4.78, 5) is 63.3. The van der Waals surface area contributed by atoms with Gasteiger partial charge in [-0.15, -0.1) is 0 Å². The Kier molecular flexibility index (Phi) is 11.1. The number of pyridine rings is 1. The molecule has 4 amide bonds. The van der Waals surface area contributed by atoms with Crippen molar-refractivity contribution in [2.45, 2.75) is 76.1 Å². The summed E-state index contributed by atoms with van der Waals surface area (Å²) < 4.78 is 21.9. The molecule has 4 fully saturated rings. The number of imide groups is 1. The molecule has 0 bridgehead atoms. The number of fused-ring (bicyclic) bond motifs is 2. The Morgan fingerprint density at radius 2 is 1.70 bits per heavy atom. The first-order valence-electron chi connectivity index (χ1n) is 21.3. The summed E-state index contributed by atoms with van der Waals surface area (Å²) in [6.07, 6.45) is 7.21. The van der Waals surface area contributed by atoms with E-state index in [0.717, 1.165) is 101 Å². The van der Waals surface area contributed by atoms with Crippen LogP contribution in [0.25, 0.3) is 10.9 Å². The highest BCUT2D eigenvalue weighted by Gasteiger charge is 2.39. The normalized spacial score (nSPS) is 22.7. The van der Waals surface area contributed by atoms with Crippen LogP contribution in [0.4, 0.5) is 15.8 Å². The van der Waals surface area contributed by atoms with Gasteiger partial charge in [-0.3, -0.25) is 34.4 Å². The molecule has 13 nitrogen and oxygen atoms in total. The summed E-state index contributed by atoms with van der Waals surface area (Å²) in [6.45, 7) is 6.50. The van der Waals surface area contributed by atoms with E-state index in [1.165, 1.54) is 6.07 Å². The van der Waals surface area contributed by atoms with Crippen LogP contribution in [0, 0.1) is 23.1 Å². The van der Waals surface area contributed by atoms with Gasteiger partial charge in [0.1, 0.15) is 23.7 Å². The van der Waals surface area contributed by atoms with Crippen LogP contribution < -0.4 is 25.2 Å². The third kappa shape index (κ3) is 8.10. The lowest BCUT2D eigenvalue weighted by atomic mass is 9.92. The van der Waals surface area contributed by atoms with Crippen LogP contribution in [0.1, 0.15) is 83.2 Å². The summed E-state index contributed by atoms with van der Waals surface area (Å²) in [5.74, 6) is -0.265. The predicted octanol–water partition coefficient (Wildman–Crippen LogP) is 5.17. The number of aromatic nitrogens is 1. The molecule has 0 spiro atoms. The average molecular weight is 813 g/mol. The van der Waals surface area contributed by atoms with E-state index >= 15 is 4.39 Å². The first-order valence-corrected chi connectivity index (χ1v) is 21.3. The quantitative estimate of drug-likeness (QED) is 0.217. The fourth-order valence-corrected chi connectivity index (χ4v) is 9.69. The fraction of sp³-hybridized carbons (Fsp3) is 0.435. The summed E-state index contributed by atoms with van der Waals surface area (Å²) in [5, 5.41) is 15.7. The molecule has 5 heterocycles. The molecule has 1 atom stereocenters. The number of carbonyl (C=O) groups excluding carboxylic acids is 4. The molecule has 4 aromatic rings. The van der Waals surface area contributed by atoms with Crippen molar-refractivity contribution in [2.75, 3.05) is 55.6 Å². The zero-order valence-electron chi connectivity index (χ0n) is 33.6. The smallest absolute Gasteiger partial charge is 0.255 e. The van der Waals surface area contributed by atoms with Gasteiger partial charge in [-0.1, -0.05) is 0 Å². The third-order valence-electron chi connectivity index (χ3n) is 13.1. The Morgan fingerprint density at radius 1 is 0.900 bits per heavy atom. The largest absolute Gasteiger partial charge is 0.490 e. The lowest BCUT2D eigenvalue weighted by Crippen LogP contribution is -2.52. The van der Waals surface area contributed by atoms with E-state index < -0.39 is 11.9 Å². The molecule has 3 aromatic carbocycles. The minimum Gasteiger partial charge on any atom is -0.490 e. The van der Waals surface area contributed by atoms with Crippen molar-refractivity contribution in [1.29, 1.82) is 5.26 Å². The van der Waals surface area contributed by atoms with Gasteiger partial charge in [-0.05, 0) is 117 Å². The molecular weight excluding hydrogens is 764 g/mol. The zero-order valence-corrected chi connectivity index (χ0v) is 33.6. The van der Waals surface area contributed by atoms with E-state index in [4.69, 9.17) is 4.74 Å². The highest BCUT2D eigenvalue weighted by Crippen LogP contribution is 2.33. The first-order chi connectivity index (χ1) is 29.2. The minimum absolute atomic E-state index is 0.0132. The maximum absolute atomic E-state index is 15.5. The van der Waals surface area contributed by atoms with Crippen LogP contribution in [0.3, 0.4) is 0 Å². The summed E-state index contributed by atoms with van der Waals surface area (Å²) in [7, 11) is 0. The number of nitriles is 1. The molecule has 1 saturated carbocycles. The van der Waals surface area contributed by atoms with Crippen molar-refractivity contribution in [3.63, 3.8) is 0 Å². The maximum Gasteiger partial charge on any atom is 0.255 e. The second-order valence-corrected chi connectivity index (χ2v) is 16.8. The van der Waals surface area contributed by atoms with Crippen LogP contribution in [-0.2, 0) is 16.1 Å². The van der Waals surface area contributed by atoms with Gasteiger partial charge in [-0.25, -0.2) is 4.39 Å². The second kappa shape index (κ2) is 16.9. The SMILES string of the molecule is N#Cc1ccc(O[C@H]2CC[C@H](NC(=O)c3ccc(N4CCC(CN5CCN(c6ccc7c(c6)CN([C@H]6CCC(=O)NC6=O)C7=O)CC5)CC4)c(F)c3)CC2)c2cccnc12.